The Hall–Kier alpha value is -3.80. The Kier molecular flexibility index (Phi) is 5.24. The smallest absolute Gasteiger partial charge is 0.252 e. The van der Waals surface area contributed by atoms with Crippen LogP contribution in [-0.4, -0.2) is 33.2 Å². The van der Waals surface area contributed by atoms with E-state index in [1.165, 1.54) is 10.4 Å². The van der Waals surface area contributed by atoms with Gasteiger partial charge in [-0.05, 0) is 29.8 Å². The van der Waals surface area contributed by atoms with E-state index in [-0.39, 0.29) is 30.3 Å². The second-order valence-corrected chi connectivity index (χ2v) is 10.5. The van der Waals surface area contributed by atoms with Crippen molar-refractivity contribution in [3.8, 4) is 11.5 Å². The number of fused-ring (bicyclic) bond motifs is 3. The molecule has 0 saturated carbocycles. The van der Waals surface area contributed by atoms with Gasteiger partial charge >= 0.3 is 0 Å². The zero-order valence-corrected chi connectivity index (χ0v) is 19.8. The number of H-pyrrole nitrogens is 1. The van der Waals surface area contributed by atoms with Gasteiger partial charge in [0.05, 0.1) is 17.2 Å². The third-order valence-electron chi connectivity index (χ3n) is 5.83. The number of pyridine rings is 1. The van der Waals surface area contributed by atoms with Crippen molar-refractivity contribution in [3.63, 3.8) is 0 Å². The Labute approximate surface area is 203 Å². The molecule has 9 nitrogen and oxygen atoms in total. The van der Waals surface area contributed by atoms with Crippen LogP contribution < -0.4 is 15.0 Å². The molecule has 11 heteroatoms. The summed E-state index contributed by atoms with van der Waals surface area (Å²) in [5.74, 6) is 1.13. The Morgan fingerprint density at radius 2 is 1.74 bits per heavy atom. The fourth-order valence-corrected chi connectivity index (χ4v) is 6.25. The first-order chi connectivity index (χ1) is 17.0. The first-order valence-corrected chi connectivity index (χ1v) is 12.9. The van der Waals surface area contributed by atoms with Crippen LogP contribution in [0.2, 0.25) is 0 Å². The van der Waals surface area contributed by atoms with Gasteiger partial charge in [0.15, 0.2) is 11.5 Å². The molecule has 0 radical (unpaired) electrons. The Morgan fingerprint density at radius 1 is 0.943 bits per heavy atom. The molecule has 0 spiro atoms. The molecule has 0 fully saturated rings. The highest BCUT2D eigenvalue weighted by atomic mass is 32.2. The summed E-state index contributed by atoms with van der Waals surface area (Å²) in [7, 11) is -4.03. The molecule has 3 heterocycles. The molecule has 5 aromatic rings. The normalized spacial score (nSPS) is 13.2. The van der Waals surface area contributed by atoms with Crippen molar-refractivity contribution < 1.29 is 17.9 Å². The highest BCUT2D eigenvalue weighted by Crippen LogP contribution is 2.35. The Bertz CT molecular complexity index is 1730. The first-order valence-electron chi connectivity index (χ1n) is 10.7. The molecule has 2 aromatic heterocycles. The predicted molar refractivity (Wildman–Crippen MR) is 131 cm³/mol. The Morgan fingerprint density at radius 3 is 2.57 bits per heavy atom. The van der Waals surface area contributed by atoms with Crippen molar-refractivity contribution in [2.45, 2.75) is 18.0 Å². The molecular formula is C24H18N4O5S2. The maximum atomic E-state index is 13.9. The lowest BCUT2D eigenvalue weighted by Gasteiger charge is -2.22. The van der Waals surface area contributed by atoms with Crippen LogP contribution in [-0.2, 0) is 23.1 Å². The monoisotopic (exact) mass is 506 g/mol. The molecule has 0 bridgehead atoms. The van der Waals surface area contributed by atoms with Crippen LogP contribution in [0, 0.1) is 0 Å². The van der Waals surface area contributed by atoms with Crippen LogP contribution >= 0.6 is 11.7 Å². The van der Waals surface area contributed by atoms with Gasteiger partial charge in [0.2, 0.25) is 16.8 Å². The van der Waals surface area contributed by atoms with E-state index in [1.807, 2.05) is 30.3 Å². The second-order valence-electron chi connectivity index (χ2n) is 8.06. The molecule has 0 amide bonds. The fourth-order valence-electron chi connectivity index (χ4n) is 4.09. The van der Waals surface area contributed by atoms with Crippen LogP contribution in [0.4, 0.5) is 0 Å². The highest BCUT2D eigenvalue weighted by molar-refractivity contribution is 7.89. The minimum Gasteiger partial charge on any atom is -0.454 e. The van der Waals surface area contributed by atoms with Crippen molar-refractivity contribution in [1.82, 2.24) is 18.0 Å². The van der Waals surface area contributed by atoms with Crippen LogP contribution in [0.15, 0.2) is 76.4 Å². The van der Waals surface area contributed by atoms with Crippen molar-refractivity contribution >= 4 is 43.7 Å². The van der Waals surface area contributed by atoms with Crippen LogP contribution in [0.5, 0.6) is 11.5 Å². The number of hydrogen-bond acceptors (Lipinski definition) is 8. The minimum absolute atomic E-state index is 0.0558. The van der Waals surface area contributed by atoms with Gasteiger partial charge in [0, 0.05) is 30.1 Å². The molecule has 0 unspecified atom stereocenters. The number of sulfonamides is 1. The summed E-state index contributed by atoms with van der Waals surface area (Å²) < 4.78 is 48.3. The van der Waals surface area contributed by atoms with Gasteiger partial charge in [-0.15, -0.1) is 0 Å². The highest BCUT2D eigenvalue weighted by Gasteiger charge is 2.29. The van der Waals surface area contributed by atoms with Crippen LogP contribution in [0.25, 0.3) is 21.9 Å². The molecule has 0 aliphatic carbocycles. The van der Waals surface area contributed by atoms with Gasteiger partial charge in [-0.3, -0.25) is 4.79 Å². The van der Waals surface area contributed by atoms with Crippen LogP contribution in [0.1, 0.15) is 11.1 Å². The van der Waals surface area contributed by atoms with Gasteiger partial charge in [0.1, 0.15) is 15.9 Å². The average Bonchev–Trinajstić information content (AvgIpc) is 3.52. The predicted octanol–water partition coefficient (Wildman–Crippen LogP) is 3.65. The van der Waals surface area contributed by atoms with E-state index in [4.69, 9.17) is 9.47 Å². The number of rotatable bonds is 6. The fraction of sp³-hybridized carbons (Fsp3) is 0.125. The van der Waals surface area contributed by atoms with E-state index in [2.05, 4.69) is 13.7 Å². The third-order valence-corrected chi connectivity index (χ3v) is 8.20. The van der Waals surface area contributed by atoms with E-state index >= 15 is 0 Å². The number of ether oxygens (including phenoxy) is 2. The standard InChI is InChI=1S/C24H18N4O5S2/c29-24-17(9-16-10-20-21(33-14-32-20)11-19(16)25-24)13-28(12-15-5-2-1-3-6-15)35(30,31)22-8-4-7-18-23(22)27-34-26-18/h1-11H,12-14H2,(H,25,29). The number of nitrogens with one attached hydrogen (secondary N) is 1. The number of hydrogen-bond donors (Lipinski definition) is 1. The molecule has 1 N–H and O–H groups in total. The van der Waals surface area contributed by atoms with Crippen molar-refractivity contribution in [3.05, 3.63) is 88.2 Å². The summed E-state index contributed by atoms with van der Waals surface area (Å²) in [6, 6.07) is 19.3. The van der Waals surface area contributed by atoms with Crippen LogP contribution in [0.3, 0.4) is 0 Å². The van der Waals surface area contributed by atoms with Gasteiger partial charge < -0.3 is 14.5 Å². The zero-order chi connectivity index (χ0) is 24.0. The van der Waals surface area contributed by atoms with Crippen molar-refractivity contribution in [2.75, 3.05) is 6.79 Å². The van der Waals surface area contributed by atoms with Gasteiger partial charge in [-0.2, -0.15) is 13.1 Å². The van der Waals surface area contributed by atoms with E-state index in [9.17, 15) is 13.2 Å². The van der Waals surface area contributed by atoms with Gasteiger partial charge in [-0.1, -0.05) is 36.4 Å². The van der Waals surface area contributed by atoms with E-state index in [0.29, 0.717) is 39.0 Å². The summed E-state index contributed by atoms with van der Waals surface area (Å²) in [6.45, 7) is 0.0590. The number of aromatic nitrogens is 3. The topological polar surface area (TPSA) is 114 Å². The summed E-state index contributed by atoms with van der Waals surface area (Å²) in [6.07, 6.45) is 0. The summed E-state index contributed by atoms with van der Waals surface area (Å²) in [5.41, 5.74) is 2.13. The molecule has 6 rings (SSSR count). The SMILES string of the molecule is O=c1[nH]c2cc3c(cc2cc1CN(Cc1ccccc1)S(=O)(=O)c1cccc2nsnc12)OCO3. The van der Waals surface area contributed by atoms with Gasteiger partial charge in [-0.25, -0.2) is 8.42 Å². The number of benzene rings is 3. The molecule has 0 atom stereocenters. The second kappa shape index (κ2) is 8.45. The lowest BCUT2D eigenvalue weighted by molar-refractivity contribution is 0.174. The molecule has 3 aromatic carbocycles. The van der Waals surface area contributed by atoms with Crippen molar-refractivity contribution in [1.29, 1.82) is 0 Å². The minimum atomic E-state index is -4.03. The lowest BCUT2D eigenvalue weighted by Crippen LogP contribution is -2.32. The van der Waals surface area contributed by atoms with Crippen molar-refractivity contribution in [2.24, 2.45) is 0 Å². The average molecular weight is 507 g/mol. The summed E-state index contributed by atoms with van der Waals surface area (Å²) in [5, 5.41) is 0.715. The summed E-state index contributed by atoms with van der Waals surface area (Å²) in [4.78, 5) is 15.9. The molecule has 1 aliphatic heterocycles. The number of nitrogens with zero attached hydrogens (tertiary/aromatic N) is 3. The maximum Gasteiger partial charge on any atom is 0.252 e. The third kappa shape index (κ3) is 3.93. The number of aromatic amines is 1. The Balaban J connectivity index is 1.45. The maximum absolute atomic E-state index is 13.9. The molecule has 0 saturated heterocycles. The molecule has 1 aliphatic rings. The molecular weight excluding hydrogens is 488 g/mol. The largest absolute Gasteiger partial charge is 0.454 e. The van der Waals surface area contributed by atoms with Gasteiger partial charge in [0.25, 0.3) is 5.56 Å². The van der Waals surface area contributed by atoms with E-state index < -0.39 is 10.0 Å². The first kappa shape index (κ1) is 21.7. The zero-order valence-electron chi connectivity index (χ0n) is 18.2. The quantitative estimate of drug-likeness (QED) is 0.374. The summed E-state index contributed by atoms with van der Waals surface area (Å²) >= 11 is 0.956. The lowest BCUT2D eigenvalue weighted by atomic mass is 10.1. The molecule has 176 valence electrons. The molecule has 35 heavy (non-hydrogen) atoms. The van der Waals surface area contributed by atoms with E-state index in [1.54, 1.807) is 30.3 Å². The van der Waals surface area contributed by atoms with E-state index in [0.717, 1.165) is 17.3 Å².